The molecule has 20 heavy (non-hydrogen) atoms. The molecule has 0 unspecified atom stereocenters. The Labute approximate surface area is 110 Å². The second kappa shape index (κ2) is 5.88. The minimum Gasteiger partial charge on any atom is -0.348 e. The van der Waals surface area contributed by atoms with Gasteiger partial charge in [0.2, 0.25) is 0 Å². The van der Waals surface area contributed by atoms with Crippen molar-refractivity contribution in [2.45, 2.75) is 25.2 Å². The van der Waals surface area contributed by atoms with Crippen molar-refractivity contribution in [3.8, 4) is 0 Å². The van der Waals surface area contributed by atoms with Gasteiger partial charge in [-0.1, -0.05) is 0 Å². The minimum absolute atomic E-state index is 0.111. The average molecular weight is 306 g/mol. The first-order chi connectivity index (χ1) is 9.01. The molecule has 0 atom stereocenters. The first kappa shape index (κ1) is 16.6. The molecule has 0 aromatic heterocycles. The van der Waals surface area contributed by atoms with Crippen LogP contribution in [0.3, 0.4) is 0 Å². The Kier molecular flexibility index (Phi) is 4.87. The van der Waals surface area contributed by atoms with E-state index in [1.165, 1.54) is 0 Å². The zero-order valence-corrected chi connectivity index (χ0v) is 10.1. The van der Waals surface area contributed by atoms with Crippen molar-refractivity contribution in [1.82, 2.24) is 10.2 Å². The van der Waals surface area contributed by atoms with Crippen LogP contribution in [0, 0.1) is 5.92 Å². The van der Waals surface area contributed by atoms with E-state index in [0.29, 0.717) is 4.90 Å². The number of amides is 2. The molecular formula is C10H12F6N2O2. The smallest absolute Gasteiger partial charge is 0.348 e. The van der Waals surface area contributed by atoms with Gasteiger partial charge in [-0.2, -0.15) is 26.3 Å². The van der Waals surface area contributed by atoms with Gasteiger partial charge in [0, 0.05) is 19.6 Å². The number of hydrogen-bond donors (Lipinski definition) is 1. The summed E-state index contributed by atoms with van der Waals surface area (Å²) in [4.78, 5) is 22.1. The molecule has 1 saturated heterocycles. The SMILES string of the molecule is O=C(NCC1CCN(C(=O)C(F)(F)F)CC1)C(F)(F)F. The summed E-state index contributed by atoms with van der Waals surface area (Å²) >= 11 is 0. The lowest BCUT2D eigenvalue weighted by Gasteiger charge is -2.32. The number of halogens is 6. The first-order valence-electron chi connectivity index (χ1n) is 5.73. The predicted octanol–water partition coefficient (Wildman–Crippen LogP) is 1.47. The Morgan fingerprint density at radius 3 is 1.90 bits per heavy atom. The number of likely N-dealkylation sites (tertiary alicyclic amines) is 1. The number of carbonyl (C=O) groups excluding carboxylic acids is 2. The largest absolute Gasteiger partial charge is 0.471 e. The van der Waals surface area contributed by atoms with Gasteiger partial charge in [0.1, 0.15) is 0 Å². The van der Waals surface area contributed by atoms with Crippen LogP contribution in [-0.4, -0.2) is 48.7 Å². The molecular weight excluding hydrogens is 294 g/mol. The molecule has 1 heterocycles. The van der Waals surface area contributed by atoms with E-state index in [0.717, 1.165) is 0 Å². The zero-order valence-electron chi connectivity index (χ0n) is 10.1. The lowest BCUT2D eigenvalue weighted by molar-refractivity contribution is -0.186. The third-order valence-electron chi connectivity index (χ3n) is 2.95. The monoisotopic (exact) mass is 306 g/mol. The highest BCUT2D eigenvalue weighted by atomic mass is 19.4. The molecule has 1 rings (SSSR count). The number of hydrogen-bond acceptors (Lipinski definition) is 2. The Balaban J connectivity index is 2.37. The van der Waals surface area contributed by atoms with Crippen molar-refractivity contribution in [3.05, 3.63) is 0 Å². The molecule has 0 saturated carbocycles. The molecule has 2 amide bonds. The maximum atomic E-state index is 12.1. The van der Waals surface area contributed by atoms with Crippen molar-refractivity contribution in [2.24, 2.45) is 5.92 Å². The number of carbonyl (C=O) groups is 2. The van der Waals surface area contributed by atoms with E-state index in [1.54, 1.807) is 5.32 Å². The quantitative estimate of drug-likeness (QED) is 0.785. The standard InChI is InChI=1S/C10H12F6N2O2/c11-9(12,13)7(19)17-5-6-1-3-18(4-2-6)8(20)10(14,15)16/h6H,1-5H2,(H,17,19). The summed E-state index contributed by atoms with van der Waals surface area (Å²) in [5, 5.41) is 1.68. The topological polar surface area (TPSA) is 49.4 Å². The summed E-state index contributed by atoms with van der Waals surface area (Å²) < 4.78 is 72.2. The van der Waals surface area contributed by atoms with Gasteiger partial charge < -0.3 is 10.2 Å². The Bertz CT molecular complexity index is 371. The maximum Gasteiger partial charge on any atom is 0.471 e. The lowest BCUT2D eigenvalue weighted by Crippen LogP contribution is -2.47. The normalized spacial score (nSPS) is 18.0. The van der Waals surface area contributed by atoms with Gasteiger partial charge in [0.05, 0.1) is 0 Å². The van der Waals surface area contributed by atoms with Gasteiger partial charge in [-0.15, -0.1) is 0 Å². The summed E-state index contributed by atoms with van der Waals surface area (Å²) in [5.41, 5.74) is 0. The van der Waals surface area contributed by atoms with Crippen LogP contribution in [-0.2, 0) is 9.59 Å². The van der Waals surface area contributed by atoms with Crippen LogP contribution in [0.4, 0.5) is 26.3 Å². The van der Waals surface area contributed by atoms with Crippen LogP contribution < -0.4 is 5.32 Å². The fraction of sp³-hybridized carbons (Fsp3) is 0.800. The molecule has 1 N–H and O–H groups in total. The van der Waals surface area contributed by atoms with Crippen molar-refractivity contribution >= 4 is 11.8 Å². The second-order valence-electron chi connectivity index (χ2n) is 4.44. The molecule has 0 bridgehead atoms. The van der Waals surface area contributed by atoms with Gasteiger partial charge in [-0.3, -0.25) is 9.59 Å². The van der Waals surface area contributed by atoms with E-state index in [-0.39, 0.29) is 38.4 Å². The number of nitrogens with one attached hydrogen (secondary N) is 1. The highest BCUT2D eigenvalue weighted by Gasteiger charge is 2.43. The highest BCUT2D eigenvalue weighted by Crippen LogP contribution is 2.23. The molecule has 4 nitrogen and oxygen atoms in total. The maximum absolute atomic E-state index is 12.1. The first-order valence-corrected chi connectivity index (χ1v) is 5.73. The predicted molar refractivity (Wildman–Crippen MR) is 54.4 cm³/mol. The third kappa shape index (κ3) is 4.57. The number of nitrogens with zero attached hydrogens (tertiary/aromatic N) is 1. The van der Waals surface area contributed by atoms with Crippen molar-refractivity contribution in [1.29, 1.82) is 0 Å². The molecule has 1 aliphatic heterocycles. The molecule has 0 aliphatic carbocycles. The molecule has 0 spiro atoms. The number of rotatable bonds is 2. The van der Waals surface area contributed by atoms with E-state index in [2.05, 4.69) is 0 Å². The summed E-state index contributed by atoms with van der Waals surface area (Å²) in [7, 11) is 0. The highest BCUT2D eigenvalue weighted by molar-refractivity contribution is 5.82. The Hall–Kier alpha value is -1.48. The Morgan fingerprint density at radius 2 is 1.50 bits per heavy atom. The molecule has 0 aromatic carbocycles. The van der Waals surface area contributed by atoms with Crippen LogP contribution in [0.15, 0.2) is 0 Å². The summed E-state index contributed by atoms with van der Waals surface area (Å²) in [6.45, 7) is -0.651. The summed E-state index contributed by atoms with van der Waals surface area (Å²) in [6.07, 6.45) is -9.70. The van der Waals surface area contributed by atoms with Crippen molar-refractivity contribution in [2.75, 3.05) is 19.6 Å². The lowest BCUT2D eigenvalue weighted by atomic mass is 9.96. The number of alkyl halides is 6. The van der Waals surface area contributed by atoms with E-state index in [4.69, 9.17) is 0 Å². The van der Waals surface area contributed by atoms with E-state index >= 15 is 0 Å². The summed E-state index contributed by atoms with van der Waals surface area (Å²) in [6, 6.07) is 0. The Morgan fingerprint density at radius 1 is 1.00 bits per heavy atom. The van der Waals surface area contributed by atoms with Gasteiger partial charge in [0.25, 0.3) is 0 Å². The molecule has 0 radical (unpaired) electrons. The molecule has 10 heteroatoms. The van der Waals surface area contributed by atoms with Crippen LogP contribution in [0.5, 0.6) is 0 Å². The fourth-order valence-corrected chi connectivity index (χ4v) is 1.86. The second-order valence-corrected chi connectivity index (χ2v) is 4.44. The third-order valence-corrected chi connectivity index (χ3v) is 2.95. The van der Waals surface area contributed by atoms with Crippen molar-refractivity contribution in [3.63, 3.8) is 0 Å². The van der Waals surface area contributed by atoms with Gasteiger partial charge in [-0.05, 0) is 18.8 Å². The van der Waals surface area contributed by atoms with Crippen LogP contribution in [0.25, 0.3) is 0 Å². The van der Waals surface area contributed by atoms with Gasteiger partial charge in [0.15, 0.2) is 0 Å². The van der Waals surface area contributed by atoms with E-state index < -0.39 is 24.2 Å². The average Bonchev–Trinajstić information content (AvgIpc) is 2.33. The van der Waals surface area contributed by atoms with Gasteiger partial charge in [-0.25, -0.2) is 0 Å². The minimum atomic E-state index is -4.98. The molecule has 1 aliphatic rings. The number of piperidine rings is 1. The summed E-state index contributed by atoms with van der Waals surface area (Å²) in [5.74, 6) is -4.40. The van der Waals surface area contributed by atoms with Crippen LogP contribution in [0.1, 0.15) is 12.8 Å². The molecule has 1 fully saturated rings. The van der Waals surface area contributed by atoms with Gasteiger partial charge >= 0.3 is 24.2 Å². The molecule has 116 valence electrons. The van der Waals surface area contributed by atoms with E-state index in [1.807, 2.05) is 0 Å². The van der Waals surface area contributed by atoms with Crippen LogP contribution >= 0.6 is 0 Å². The fourth-order valence-electron chi connectivity index (χ4n) is 1.86. The van der Waals surface area contributed by atoms with Crippen LogP contribution in [0.2, 0.25) is 0 Å². The zero-order chi connectivity index (χ0) is 15.6. The molecule has 0 aromatic rings. The van der Waals surface area contributed by atoms with Crippen molar-refractivity contribution < 1.29 is 35.9 Å². The van der Waals surface area contributed by atoms with E-state index in [9.17, 15) is 35.9 Å².